The lowest BCUT2D eigenvalue weighted by molar-refractivity contribution is -0.274. The van der Waals surface area contributed by atoms with E-state index >= 15 is 0 Å². The number of alkyl halides is 3. The summed E-state index contributed by atoms with van der Waals surface area (Å²) in [4.78, 5) is 32.2. The summed E-state index contributed by atoms with van der Waals surface area (Å²) < 4.78 is 49.3. The highest BCUT2D eigenvalue weighted by molar-refractivity contribution is 6.27. The molecule has 36 heavy (non-hydrogen) atoms. The predicted octanol–water partition coefficient (Wildman–Crippen LogP) is 4.96. The second kappa shape index (κ2) is 8.87. The Kier molecular flexibility index (Phi) is 5.71. The molecular weight excluding hydrogens is 479 g/mol. The third-order valence-corrected chi connectivity index (χ3v) is 5.48. The fraction of sp³-hybridized carbons (Fsp3) is 0.167. The van der Waals surface area contributed by atoms with Crippen LogP contribution >= 0.6 is 0 Å². The zero-order valence-electron chi connectivity index (χ0n) is 18.8. The molecule has 4 aromatic rings. The van der Waals surface area contributed by atoms with Crippen LogP contribution < -0.4 is 19.3 Å². The highest BCUT2D eigenvalue weighted by Crippen LogP contribution is 2.34. The zero-order chi connectivity index (χ0) is 25.4. The minimum atomic E-state index is -4.88. The number of hydrogen-bond donors (Lipinski definition) is 0. The molecule has 5 rings (SSSR count). The molecular formula is C24H18F3N5O4. The van der Waals surface area contributed by atoms with Crippen molar-refractivity contribution in [2.24, 2.45) is 0 Å². The number of aryl methyl sites for hydroxylation is 1. The van der Waals surface area contributed by atoms with E-state index in [1.165, 1.54) is 16.6 Å². The van der Waals surface area contributed by atoms with Crippen LogP contribution in [-0.4, -0.2) is 39.4 Å². The van der Waals surface area contributed by atoms with Gasteiger partial charge in [-0.25, -0.2) is 14.7 Å². The third-order valence-electron chi connectivity index (χ3n) is 5.48. The summed E-state index contributed by atoms with van der Waals surface area (Å²) in [5.41, 5.74) is 1.76. The summed E-state index contributed by atoms with van der Waals surface area (Å²) in [7, 11) is 0. The maximum absolute atomic E-state index is 13.1. The molecule has 1 fully saturated rings. The van der Waals surface area contributed by atoms with E-state index in [1.807, 2.05) is 6.92 Å². The van der Waals surface area contributed by atoms with Crippen molar-refractivity contribution in [1.82, 2.24) is 14.6 Å². The van der Waals surface area contributed by atoms with Crippen LogP contribution in [0.4, 0.5) is 29.3 Å². The number of aromatic nitrogens is 3. The minimum absolute atomic E-state index is 0.106. The number of rotatable bonds is 6. The van der Waals surface area contributed by atoms with Gasteiger partial charge in [-0.15, -0.1) is 13.2 Å². The van der Waals surface area contributed by atoms with Crippen molar-refractivity contribution in [3.8, 4) is 17.4 Å². The fourth-order valence-corrected chi connectivity index (χ4v) is 3.89. The zero-order valence-corrected chi connectivity index (χ0v) is 18.8. The largest absolute Gasteiger partial charge is 0.573 e. The van der Waals surface area contributed by atoms with E-state index in [4.69, 9.17) is 4.74 Å². The first-order valence-corrected chi connectivity index (χ1v) is 10.8. The summed E-state index contributed by atoms with van der Waals surface area (Å²) in [6.07, 6.45) is -1.15. The average molecular weight is 497 g/mol. The number of halogens is 3. The van der Waals surface area contributed by atoms with Crippen molar-refractivity contribution in [2.75, 3.05) is 16.3 Å². The van der Waals surface area contributed by atoms with Gasteiger partial charge in [0, 0.05) is 30.1 Å². The van der Waals surface area contributed by atoms with E-state index in [0.29, 0.717) is 29.4 Å². The Balaban J connectivity index is 1.41. The first-order chi connectivity index (χ1) is 17.2. The third kappa shape index (κ3) is 4.40. The van der Waals surface area contributed by atoms with Gasteiger partial charge in [-0.05, 0) is 42.3 Å². The van der Waals surface area contributed by atoms with E-state index in [0.717, 1.165) is 27.5 Å². The summed E-state index contributed by atoms with van der Waals surface area (Å²) >= 11 is 0. The first-order valence-electron chi connectivity index (χ1n) is 10.8. The van der Waals surface area contributed by atoms with Crippen molar-refractivity contribution < 1.29 is 32.2 Å². The van der Waals surface area contributed by atoms with Crippen LogP contribution in [0.1, 0.15) is 12.5 Å². The van der Waals surface area contributed by atoms with Gasteiger partial charge >= 0.3 is 12.4 Å². The second-order valence-electron chi connectivity index (χ2n) is 7.77. The molecule has 1 aliphatic rings. The van der Waals surface area contributed by atoms with Crippen LogP contribution in [0.3, 0.4) is 0 Å². The number of nitrogens with zero attached hydrogens (tertiary/aromatic N) is 5. The second-order valence-corrected chi connectivity index (χ2v) is 7.77. The van der Waals surface area contributed by atoms with Gasteiger partial charge in [0.05, 0.1) is 11.9 Å². The van der Waals surface area contributed by atoms with Crippen molar-refractivity contribution in [3.05, 3.63) is 72.6 Å². The molecule has 9 nitrogen and oxygen atoms in total. The molecule has 3 amide bonds. The summed E-state index contributed by atoms with van der Waals surface area (Å²) in [6, 6.07) is 12.5. The number of amides is 3. The highest BCUT2D eigenvalue weighted by Gasteiger charge is 2.39. The van der Waals surface area contributed by atoms with E-state index in [1.54, 1.807) is 42.7 Å². The molecule has 2 aromatic heterocycles. The van der Waals surface area contributed by atoms with E-state index < -0.39 is 24.1 Å². The molecule has 3 heterocycles. The molecule has 0 atom stereocenters. The van der Waals surface area contributed by atoms with E-state index in [2.05, 4.69) is 14.8 Å². The fourth-order valence-electron chi connectivity index (χ4n) is 3.89. The summed E-state index contributed by atoms with van der Waals surface area (Å²) in [6.45, 7) is 1.57. The normalized spacial score (nSPS) is 14.1. The highest BCUT2D eigenvalue weighted by atomic mass is 19.4. The van der Waals surface area contributed by atoms with Gasteiger partial charge < -0.3 is 9.47 Å². The van der Waals surface area contributed by atoms with Crippen LogP contribution in [0.5, 0.6) is 17.4 Å². The lowest BCUT2D eigenvalue weighted by atomic mass is 10.1. The van der Waals surface area contributed by atoms with E-state index in [9.17, 15) is 22.8 Å². The van der Waals surface area contributed by atoms with Gasteiger partial charge in [0.25, 0.3) is 5.91 Å². The van der Waals surface area contributed by atoms with Gasteiger partial charge in [0.15, 0.2) is 5.65 Å². The SMILES string of the molecule is CCc1cc(N2C(=O)CN(c3cccc(OC(F)(F)F)c3)C2=O)ccc1Oc1ccnc2ccnn12. The topological polar surface area (TPSA) is 89.3 Å². The number of benzene rings is 2. The molecule has 12 heteroatoms. The number of imide groups is 1. The van der Waals surface area contributed by atoms with Crippen LogP contribution in [0.2, 0.25) is 0 Å². The monoisotopic (exact) mass is 497 g/mol. The van der Waals surface area contributed by atoms with Crippen LogP contribution in [0.25, 0.3) is 5.65 Å². The summed E-state index contributed by atoms with van der Waals surface area (Å²) in [5.74, 6) is -0.0637. The van der Waals surface area contributed by atoms with E-state index in [-0.39, 0.29) is 12.2 Å². The van der Waals surface area contributed by atoms with Gasteiger partial charge in [-0.2, -0.15) is 9.61 Å². The van der Waals surface area contributed by atoms with Crippen LogP contribution in [-0.2, 0) is 11.2 Å². The number of anilines is 2. The smallest absolute Gasteiger partial charge is 0.439 e. The lowest BCUT2D eigenvalue weighted by Crippen LogP contribution is -2.33. The van der Waals surface area contributed by atoms with Crippen molar-refractivity contribution in [2.45, 2.75) is 19.7 Å². The molecule has 0 radical (unpaired) electrons. The molecule has 0 spiro atoms. The molecule has 1 saturated heterocycles. The standard InChI is InChI=1S/C24H18F3N5O4/c1-2-15-12-17(6-7-19(15)35-22-9-10-28-20-8-11-29-32(20)22)31-21(33)14-30(23(31)34)16-4-3-5-18(13-16)36-24(25,26)27/h3-13H,2,14H2,1H3. The molecule has 0 saturated carbocycles. The lowest BCUT2D eigenvalue weighted by Gasteiger charge is -2.19. The van der Waals surface area contributed by atoms with Gasteiger partial charge in [-0.3, -0.25) is 9.69 Å². The predicted molar refractivity (Wildman–Crippen MR) is 122 cm³/mol. The number of ether oxygens (including phenoxy) is 2. The Morgan fingerprint density at radius 1 is 1.00 bits per heavy atom. The van der Waals surface area contributed by atoms with Gasteiger partial charge in [-0.1, -0.05) is 13.0 Å². The molecule has 1 aliphatic heterocycles. The quantitative estimate of drug-likeness (QED) is 0.350. The number of urea groups is 1. The Bertz CT molecular complexity index is 1470. The molecule has 0 N–H and O–H groups in total. The minimum Gasteiger partial charge on any atom is -0.439 e. The molecule has 0 unspecified atom stereocenters. The first kappa shape index (κ1) is 23.1. The average Bonchev–Trinajstić information content (AvgIpc) is 3.43. The molecule has 0 bridgehead atoms. The maximum atomic E-state index is 13.1. The number of carbonyl (C=O) groups is 2. The van der Waals surface area contributed by atoms with Crippen molar-refractivity contribution in [3.63, 3.8) is 0 Å². The van der Waals surface area contributed by atoms with Crippen molar-refractivity contribution in [1.29, 1.82) is 0 Å². The van der Waals surface area contributed by atoms with Crippen LogP contribution in [0.15, 0.2) is 67.0 Å². The van der Waals surface area contributed by atoms with Gasteiger partial charge in [0.2, 0.25) is 5.88 Å². The number of carbonyl (C=O) groups excluding carboxylic acids is 2. The van der Waals surface area contributed by atoms with Crippen LogP contribution in [0, 0.1) is 0 Å². The molecule has 2 aromatic carbocycles. The Labute approximate surface area is 202 Å². The Morgan fingerprint density at radius 2 is 1.83 bits per heavy atom. The van der Waals surface area contributed by atoms with Gasteiger partial charge in [0.1, 0.15) is 18.0 Å². The summed E-state index contributed by atoms with van der Waals surface area (Å²) in [5, 5.41) is 4.19. The maximum Gasteiger partial charge on any atom is 0.573 e. The Hall–Kier alpha value is -4.61. The number of hydrogen-bond acceptors (Lipinski definition) is 6. The molecule has 184 valence electrons. The van der Waals surface area contributed by atoms with Crippen molar-refractivity contribution >= 4 is 29.0 Å². The molecule has 0 aliphatic carbocycles. The number of fused-ring (bicyclic) bond motifs is 1. The Morgan fingerprint density at radius 3 is 2.61 bits per heavy atom.